The van der Waals surface area contributed by atoms with Gasteiger partial charge in [0.15, 0.2) is 5.75 Å². The van der Waals surface area contributed by atoms with E-state index in [0.29, 0.717) is 0 Å². The molecule has 0 radical (unpaired) electrons. The second kappa shape index (κ2) is 2.94. The molecule has 0 saturated heterocycles. The van der Waals surface area contributed by atoms with Gasteiger partial charge in [-0.2, -0.15) is 9.62 Å². The molecule has 0 fully saturated rings. The summed E-state index contributed by atoms with van der Waals surface area (Å²) in [5, 5.41) is 34.7. The van der Waals surface area contributed by atoms with Crippen LogP contribution in [0.25, 0.3) is 0 Å². The number of benzene rings is 1. The van der Waals surface area contributed by atoms with Crippen LogP contribution in [0.4, 0.5) is 10.1 Å². The molecule has 12 heavy (non-hydrogen) atoms. The Kier molecular flexibility index (Phi) is 2.13. The zero-order valence-corrected chi connectivity index (χ0v) is 5.78. The molecule has 0 aromatic heterocycles. The van der Waals surface area contributed by atoms with Crippen molar-refractivity contribution in [1.82, 2.24) is 0 Å². The van der Waals surface area contributed by atoms with Crippen LogP contribution in [-0.2, 0) is 0 Å². The van der Waals surface area contributed by atoms with Crippen molar-refractivity contribution in [2.75, 3.05) is 0 Å². The summed E-state index contributed by atoms with van der Waals surface area (Å²) >= 11 is 0. The third-order valence-electron chi connectivity index (χ3n) is 1.33. The van der Waals surface area contributed by atoms with Gasteiger partial charge in [0.1, 0.15) is 0 Å². The van der Waals surface area contributed by atoms with Crippen molar-refractivity contribution in [2.45, 2.75) is 0 Å². The predicted octanol–water partition coefficient (Wildman–Crippen LogP) is -0.360. The number of quaternary nitrogens is 1. The lowest BCUT2D eigenvalue weighted by atomic mass is 10.2. The normalized spacial score (nSPS) is 12.9. The first-order valence-corrected chi connectivity index (χ1v) is 2.97. The Balaban J connectivity index is 3.27. The van der Waals surface area contributed by atoms with Crippen molar-refractivity contribution in [3.8, 4) is 11.5 Å². The van der Waals surface area contributed by atoms with Crippen LogP contribution in [0.2, 0.25) is 0 Å². The van der Waals surface area contributed by atoms with Gasteiger partial charge in [-0.15, -0.1) is 0 Å². The summed E-state index contributed by atoms with van der Waals surface area (Å²) in [5.41, 5.74) is -0.578. The molecular formula is C6H6FNO4. The second-order valence-corrected chi connectivity index (χ2v) is 2.10. The van der Waals surface area contributed by atoms with Crippen LogP contribution >= 0.6 is 0 Å². The minimum absolute atomic E-state index is 0.578. The molecule has 0 saturated carbocycles. The van der Waals surface area contributed by atoms with Crippen molar-refractivity contribution in [2.24, 2.45) is 0 Å². The quantitative estimate of drug-likeness (QED) is 0.266. The van der Waals surface area contributed by atoms with Crippen LogP contribution in [0.15, 0.2) is 12.1 Å². The standard InChI is InChI=1S/C6H6FNO4/c7-5-4(9)2-1-3(6(5)10)8(11)12/h1-2,8-11H. The van der Waals surface area contributed by atoms with Crippen molar-refractivity contribution >= 4 is 5.69 Å². The van der Waals surface area contributed by atoms with E-state index in [4.69, 9.17) is 15.4 Å². The van der Waals surface area contributed by atoms with E-state index < -0.39 is 28.2 Å². The van der Waals surface area contributed by atoms with Crippen LogP contribution in [0, 0.1) is 11.0 Å². The van der Waals surface area contributed by atoms with Crippen molar-refractivity contribution in [1.29, 1.82) is 0 Å². The van der Waals surface area contributed by atoms with E-state index in [9.17, 15) is 9.60 Å². The van der Waals surface area contributed by atoms with Crippen LogP contribution in [-0.4, -0.2) is 15.4 Å². The van der Waals surface area contributed by atoms with E-state index in [2.05, 4.69) is 0 Å². The van der Waals surface area contributed by atoms with Gasteiger partial charge >= 0.3 is 0 Å². The van der Waals surface area contributed by atoms with Gasteiger partial charge in [0, 0.05) is 6.07 Å². The highest BCUT2D eigenvalue weighted by Crippen LogP contribution is 2.29. The second-order valence-electron chi connectivity index (χ2n) is 2.10. The molecule has 66 valence electrons. The summed E-state index contributed by atoms with van der Waals surface area (Å²) in [6.07, 6.45) is 0. The zero-order valence-electron chi connectivity index (χ0n) is 5.78. The van der Waals surface area contributed by atoms with Crippen molar-refractivity contribution in [3.63, 3.8) is 0 Å². The zero-order chi connectivity index (χ0) is 9.30. The average Bonchev–Trinajstić information content (AvgIpc) is 2.00. The third-order valence-corrected chi connectivity index (χ3v) is 1.33. The molecule has 0 amide bonds. The summed E-state index contributed by atoms with van der Waals surface area (Å²) < 4.78 is 12.6. The highest BCUT2D eigenvalue weighted by atomic mass is 19.1. The Hall–Kier alpha value is -1.37. The molecule has 6 heteroatoms. The molecule has 0 spiro atoms. The fourth-order valence-corrected chi connectivity index (χ4v) is 0.726. The highest BCUT2D eigenvalue weighted by Gasteiger charge is 2.16. The maximum Gasteiger partial charge on any atom is 0.221 e. The first kappa shape index (κ1) is 8.72. The smallest absolute Gasteiger partial charge is 0.221 e. The number of phenolic OH excluding ortho intramolecular Hbond substituents is 2. The number of rotatable bonds is 1. The maximum absolute atomic E-state index is 12.6. The van der Waals surface area contributed by atoms with Gasteiger partial charge < -0.3 is 15.4 Å². The molecule has 1 unspecified atom stereocenters. The minimum Gasteiger partial charge on any atom is -0.595 e. The summed E-state index contributed by atoms with van der Waals surface area (Å²) in [4.78, 5) is 0. The van der Waals surface area contributed by atoms with Crippen LogP contribution in [0.5, 0.6) is 11.5 Å². The Labute approximate surface area is 66.4 Å². The Morgan fingerprint density at radius 3 is 2.42 bits per heavy atom. The molecule has 0 aliphatic heterocycles. The van der Waals surface area contributed by atoms with Gasteiger partial charge in [0.25, 0.3) is 0 Å². The Morgan fingerprint density at radius 1 is 1.33 bits per heavy atom. The molecule has 4 N–H and O–H groups in total. The van der Waals surface area contributed by atoms with Gasteiger partial charge in [0.2, 0.25) is 17.3 Å². The highest BCUT2D eigenvalue weighted by molar-refractivity contribution is 5.50. The van der Waals surface area contributed by atoms with Gasteiger partial charge in [-0.05, 0) is 6.07 Å². The number of phenols is 2. The Morgan fingerprint density at radius 2 is 1.92 bits per heavy atom. The predicted molar refractivity (Wildman–Crippen MR) is 35.5 cm³/mol. The topological polar surface area (TPSA) is 88.2 Å². The van der Waals surface area contributed by atoms with E-state index in [1.54, 1.807) is 0 Å². The first-order chi connectivity index (χ1) is 5.54. The van der Waals surface area contributed by atoms with Crippen molar-refractivity contribution < 1.29 is 25.0 Å². The van der Waals surface area contributed by atoms with Gasteiger partial charge in [-0.1, -0.05) is 0 Å². The Bertz CT molecular complexity index is 302. The summed E-state index contributed by atoms with van der Waals surface area (Å²) in [5.74, 6) is -3.16. The monoisotopic (exact) mass is 175 g/mol. The number of aromatic hydroxyl groups is 2. The maximum atomic E-state index is 12.6. The van der Waals surface area contributed by atoms with E-state index in [1.807, 2.05) is 0 Å². The number of hydrogen-bond donors (Lipinski definition) is 4. The van der Waals surface area contributed by atoms with Gasteiger partial charge in [-0.25, -0.2) is 5.21 Å². The van der Waals surface area contributed by atoms with Gasteiger partial charge in [-0.3, -0.25) is 0 Å². The summed E-state index contributed by atoms with van der Waals surface area (Å²) in [6.45, 7) is 0. The summed E-state index contributed by atoms with van der Waals surface area (Å²) in [6, 6.07) is 1.77. The number of hydrogen-bond acceptors (Lipinski definition) is 4. The van der Waals surface area contributed by atoms with Crippen LogP contribution in [0.1, 0.15) is 0 Å². The lowest BCUT2D eigenvalue weighted by Gasteiger charge is -2.12. The fraction of sp³-hybridized carbons (Fsp3) is 0. The van der Waals surface area contributed by atoms with E-state index in [1.165, 1.54) is 0 Å². The molecule has 1 aromatic rings. The molecule has 5 nitrogen and oxygen atoms in total. The van der Waals surface area contributed by atoms with Crippen LogP contribution < -0.4 is 5.23 Å². The van der Waals surface area contributed by atoms with E-state index >= 15 is 0 Å². The molecule has 0 aliphatic rings. The third kappa shape index (κ3) is 1.30. The lowest BCUT2D eigenvalue weighted by molar-refractivity contribution is -0.991. The van der Waals surface area contributed by atoms with Crippen molar-refractivity contribution in [3.05, 3.63) is 23.2 Å². The van der Waals surface area contributed by atoms with Gasteiger partial charge in [0.05, 0.1) is 0 Å². The molecule has 1 atom stereocenters. The first-order valence-electron chi connectivity index (χ1n) is 2.97. The fourth-order valence-electron chi connectivity index (χ4n) is 0.726. The summed E-state index contributed by atoms with van der Waals surface area (Å²) in [7, 11) is 0. The largest absolute Gasteiger partial charge is 0.595 e. The SMILES string of the molecule is [O-][NH+](O)c1ccc(O)c(F)c1O. The molecular weight excluding hydrogens is 169 g/mol. The van der Waals surface area contributed by atoms with E-state index in [-0.39, 0.29) is 0 Å². The minimum atomic E-state index is -1.45. The number of nitrogens with one attached hydrogen (secondary N) is 1. The molecule has 0 bridgehead atoms. The average molecular weight is 175 g/mol. The number of halogens is 1. The molecule has 0 heterocycles. The molecule has 0 aliphatic carbocycles. The molecule has 1 aromatic carbocycles. The van der Waals surface area contributed by atoms with E-state index in [0.717, 1.165) is 12.1 Å². The van der Waals surface area contributed by atoms with Crippen LogP contribution in [0.3, 0.4) is 0 Å². The lowest BCUT2D eigenvalue weighted by Crippen LogP contribution is -2.99. The molecule has 1 rings (SSSR count).